The molecule has 0 amide bonds. The van der Waals surface area contributed by atoms with Crippen LogP contribution in [0.15, 0.2) is 24.3 Å². The van der Waals surface area contributed by atoms with Gasteiger partial charge in [-0.1, -0.05) is 25.1 Å². The lowest BCUT2D eigenvalue weighted by Crippen LogP contribution is -2.36. The van der Waals surface area contributed by atoms with E-state index in [1.807, 2.05) is 0 Å². The zero-order valence-electron chi connectivity index (χ0n) is 11.7. The highest BCUT2D eigenvalue weighted by atomic mass is 19.4. The Labute approximate surface area is 116 Å². The van der Waals surface area contributed by atoms with Crippen molar-refractivity contribution in [2.24, 2.45) is 0 Å². The average Bonchev–Trinajstić information content (AvgIpc) is 2.37. The summed E-state index contributed by atoms with van der Waals surface area (Å²) >= 11 is 0. The Bertz CT molecular complexity index is 434. The minimum absolute atomic E-state index is 0.0580. The number of halogens is 3. The summed E-state index contributed by atoms with van der Waals surface area (Å²) in [5.41, 5.74) is -0.914. The van der Waals surface area contributed by atoms with Crippen LogP contribution in [0.25, 0.3) is 0 Å². The van der Waals surface area contributed by atoms with E-state index < -0.39 is 23.8 Å². The molecule has 0 saturated heterocycles. The number of ether oxygens (including phenoxy) is 2. The number of rotatable bonds is 6. The number of hydrogen-bond acceptors (Lipinski definition) is 3. The Hall–Kier alpha value is -1.27. The maximum Gasteiger partial charge on any atom is 0.573 e. The molecule has 0 radical (unpaired) electrons. The van der Waals surface area contributed by atoms with Gasteiger partial charge in [-0.3, -0.25) is 0 Å². The molecule has 114 valence electrons. The van der Waals surface area contributed by atoms with Crippen molar-refractivity contribution < 1.29 is 27.8 Å². The van der Waals surface area contributed by atoms with Crippen molar-refractivity contribution >= 4 is 0 Å². The third-order valence-corrected chi connectivity index (χ3v) is 3.19. The Morgan fingerprint density at radius 3 is 2.30 bits per heavy atom. The number of aliphatic hydroxyl groups is 1. The van der Waals surface area contributed by atoms with E-state index in [9.17, 15) is 18.3 Å². The van der Waals surface area contributed by atoms with Gasteiger partial charge in [-0.05, 0) is 26.3 Å². The van der Waals surface area contributed by atoms with E-state index >= 15 is 0 Å². The first-order valence-corrected chi connectivity index (χ1v) is 6.40. The first-order valence-electron chi connectivity index (χ1n) is 6.40. The largest absolute Gasteiger partial charge is 0.573 e. The van der Waals surface area contributed by atoms with Gasteiger partial charge in [0.1, 0.15) is 11.9 Å². The molecule has 20 heavy (non-hydrogen) atoms. The van der Waals surface area contributed by atoms with Crippen LogP contribution in [0.3, 0.4) is 0 Å². The van der Waals surface area contributed by atoms with E-state index in [0.29, 0.717) is 13.0 Å². The minimum atomic E-state index is -4.80. The zero-order valence-corrected chi connectivity index (χ0v) is 11.7. The quantitative estimate of drug-likeness (QED) is 0.866. The van der Waals surface area contributed by atoms with E-state index in [0.717, 1.165) is 0 Å². The number of hydrogen-bond donors (Lipinski definition) is 1. The fourth-order valence-electron chi connectivity index (χ4n) is 1.96. The number of aliphatic hydroxyl groups excluding tert-OH is 1. The fourth-order valence-corrected chi connectivity index (χ4v) is 1.96. The van der Waals surface area contributed by atoms with Gasteiger partial charge in [-0.25, -0.2) is 0 Å². The monoisotopic (exact) mass is 292 g/mol. The lowest BCUT2D eigenvalue weighted by atomic mass is 9.89. The van der Waals surface area contributed by atoms with Crippen molar-refractivity contribution in [1.82, 2.24) is 0 Å². The van der Waals surface area contributed by atoms with Crippen LogP contribution in [0.5, 0.6) is 5.75 Å². The molecule has 0 spiro atoms. The molecule has 1 rings (SSSR count). The number of benzene rings is 1. The van der Waals surface area contributed by atoms with Crippen LogP contribution in [0.2, 0.25) is 0 Å². The standard InChI is InChI=1S/C14H19F3O3/c1-4-13(3,19-5-2)12(18)10-8-6-7-9-11(10)20-14(15,16)17/h6-9,12,18H,4-5H2,1-3H3. The molecular formula is C14H19F3O3. The van der Waals surface area contributed by atoms with E-state index in [1.54, 1.807) is 26.8 Å². The molecule has 0 saturated carbocycles. The molecule has 0 aliphatic carbocycles. The highest BCUT2D eigenvalue weighted by Gasteiger charge is 2.37. The molecular weight excluding hydrogens is 273 g/mol. The van der Waals surface area contributed by atoms with Crippen LogP contribution in [0.4, 0.5) is 13.2 Å². The van der Waals surface area contributed by atoms with Gasteiger partial charge in [-0.15, -0.1) is 13.2 Å². The first-order chi connectivity index (χ1) is 9.23. The number of alkyl halides is 3. The van der Waals surface area contributed by atoms with E-state index in [-0.39, 0.29) is 5.56 Å². The fraction of sp³-hybridized carbons (Fsp3) is 0.571. The second-order valence-corrected chi connectivity index (χ2v) is 4.59. The summed E-state index contributed by atoms with van der Waals surface area (Å²) in [5, 5.41) is 10.4. The topological polar surface area (TPSA) is 38.7 Å². The number of para-hydroxylation sites is 1. The molecule has 6 heteroatoms. The molecule has 0 aromatic heterocycles. The lowest BCUT2D eigenvalue weighted by molar-refractivity contribution is -0.275. The van der Waals surface area contributed by atoms with Gasteiger partial charge in [0.25, 0.3) is 0 Å². The Kier molecular flexibility index (Phi) is 5.42. The van der Waals surface area contributed by atoms with Crippen molar-refractivity contribution in [3.63, 3.8) is 0 Å². The maximum atomic E-state index is 12.4. The summed E-state index contributed by atoms with van der Waals surface area (Å²) in [6.45, 7) is 5.57. The van der Waals surface area contributed by atoms with Gasteiger partial charge in [-0.2, -0.15) is 0 Å². The van der Waals surface area contributed by atoms with Crippen molar-refractivity contribution in [2.45, 2.75) is 45.3 Å². The Morgan fingerprint density at radius 2 is 1.80 bits per heavy atom. The Morgan fingerprint density at radius 1 is 1.20 bits per heavy atom. The SMILES string of the molecule is CCOC(C)(CC)C(O)c1ccccc1OC(F)(F)F. The second kappa shape index (κ2) is 6.45. The summed E-state index contributed by atoms with van der Waals surface area (Å²) in [5.74, 6) is -0.410. The van der Waals surface area contributed by atoms with Crippen molar-refractivity contribution in [1.29, 1.82) is 0 Å². The predicted molar refractivity (Wildman–Crippen MR) is 68.4 cm³/mol. The summed E-state index contributed by atoms with van der Waals surface area (Å²) in [6, 6.07) is 5.54. The molecule has 2 atom stereocenters. The molecule has 3 nitrogen and oxygen atoms in total. The van der Waals surface area contributed by atoms with E-state index in [4.69, 9.17) is 4.74 Å². The first kappa shape index (κ1) is 16.8. The van der Waals surface area contributed by atoms with Gasteiger partial charge in [0.15, 0.2) is 0 Å². The van der Waals surface area contributed by atoms with Crippen LogP contribution in [-0.2, 0) is 4.74 Å². The van der Waals surface area contributed by atoms with Crippen LogP contribution in [-0.4, -0.2) is 23.7 Å². The Balaban J connectivity index is 3.12. The molecule has 1 aromatic carbocycles. The third kappa shape index (κ3) is 4.11. The highest BCUT2D eigenvalue weighted by molar-refractivity contribution is 5.36. The highest BCUT2D eigenvalue weighted by Crippen LogP contribution is 2.38. The summed E-state index contributed by atoms with van der Waals surface area (Å²) in [6.07, 6.45) is -5.57. The van der Waals surface area contributed by atoms with E-state index in [1.165, 1.54) is 18.2 Å². The predicted octanol–water partition coefficient (Wildman–Crippen LogP) is 3.82. The van der Waals surface area contributed by atoms with Gasteiger partial charge >= 0.3 is 6.36 Å². The van der Waals surface area contributed by atoms with Crippen molar-refractivity contribution in [3.05, 3.63) is 29.8 Å². The molecule has 0 aliphatic rings. The van der Waals surface area contributed by atoms with Gasteiger partial charge in [0.05, 0.1) is 5.60 Å². The minimum Gasteiger partial charge on any atom is -0.405 e. The summed E-state index contributed by atoms with van der Waals surface area (Å²) < 4.78 is 46.6. The zero-order chi connectivity index (χ0) is 15.4. The van der Waals surface area contributed by atoms with Gasteiger partial charge in [0, 0.05) is 12.2 Å². The molecule has 0 fully saturated rings. The van der Waals surface area contributed by atoms with Crippen LogP contribution >= 0.6 is 0 Å². The van der Waals surface area contributed by atoms with Crippen LogP contribution < -0.4 is 4.74 Å². The average molecular weight is 292 g/mol. The molecule has 2 unspecified atom stereocenters. The normalized spacial score (nSPS) is 16.6. The lowest BCUT2D eigenvalue weighted by Gasteiger charge is -2.34. The van der Waals surface area contributed by atoms with Crippen LogP contribution in [0.1, 0.15) is 38.9 Å². The van der Waals surface area contributed by atoms with E-state index in [2.05, 4.69) is 4.74 Å². The van der Waals surface area contributed by atoms with Gasteiger partial charge < -0.3 is 14.6 Å². The van der Waals surface area contributed by atoms with Crippen molar-refractivity contribution in [3.8, 4) is 5.75 Å². The second-order valence-electron chi connectivity index (χ2n) is 4.59. The molecule has 1 N–H and O–H groups in total. The molecule has 0 bridgehead atoms. The molecule has 1 aromatic rings. The van der Waals surface area contributed by atoms with Crippen molar-refractivity contribution in [2.75, 3.05) is 6.61 Å². The summed E-state index contributed by atoms with van der Waals surface area (Å²) in [7, 11) is 0. The summed E-state index contributed by atoms with van der Waals surface area (Å²) in [4.78, 5) is 0. The smallest absolute Gasteiger partial charge is 0.405 e. The van der Waals surface area contributed by atoms with Gasteiger partial charge in [0.2, 0.25) is 0 Å². The molecule has 0 aliphatic heterocycles. The maximum absolute atomic E-state index is 12.4. The van der Waals surface area contributed by atoms with Crippen LogP contribution in [0, 0.1) is 0 Å². The molecule has 0 heterocycles. The third-order valence-electron chi connectivity index (χ3n) is 3.19.